The van der Waals surface area contributed by atoms with Crippen LogP contribution in [-0.2, 0) is 28.7 Å². The van der Waals surface area contributed by atoms with Gasteiger partial charge in [0.1, 0.15) is 0 Å². The van der Waals surface area contributed by atoms with Gasteiger partial charge in [-0.2, -0.15) is 0 Å². The van der Waals surface area contributed by atoms with E-state index in [0.717, 1.165) is 0 Å². The maximum absolute atomic E-state index is 11.8. The average Bonchev–Trinajstić information content (AvgIpc) is 2.35. The van der Waals surface area contributed by atoms with Crippen molar-refractivity contribution in [3.05, 3.63) is 24.3 Å². The largest absolute Gasteiger partial charge is 0.390 e. The molecule has 0 rings (SSSR count). The SMILES string of the molecule is C=C(C)C(=O)OC(=O)CCC(C)(C)C(=O)OC(=O)C(=C)C. The zero-order valence-corrected chi connectivity index (χ0v) is 12.8. The summed E-state index contributed by atoms with van der Waals surface area (Å²) in [4.78, 5) is 45.7. The Balaban J connectivity index is 4.48. The van der Waals surface area contributed by atoms with Crippen LogP contribution >= 0.6 is 0 Å². The zero-order valence-electron chi connectivity index (χ0n) is 12.8. The highest BCUT2D eigenvalue weighted by Gasteiger charge is 2.32. The summed E-state index contributed by atoms with van der Waals surface area (Å²) in [6.07, 6.45) is -0.0972. The molecular weight excluding hydrogens is 276 g/mol. The summed E-state index contributed by atoms with van der Waals surface area (Å²) in [6.45, 7) is 12.6. The smallest absolute Gasteiger partial charge is 0.340 e. The van der Waals surface area contributed by atoms with Gasteiger partial charge in [0.25, 0.3) is 0 Å². The number of esters is 4. The minimum Gasteiger partial charge on any atom is -0.390 e. The van der Waals surface area contributed by atoms with E-state index < -0.39 is 29.3 Å². The summed E-state index contributed by atoms with van der Waals surface area (Å²) >= 11 is 0. The summed E-state index contributed by atoms with van der Waals surface area (Å²) < 4.78 is 9.11. The van der Waals surface area contributed by atoms with Gasteiger partial charge in [0, 0.05) is 17.6 Å². The molecule has 0 saturated carbocycles. The standard InChI is InChI=1S/C15H20O6/c1-9(2)12(17)20-11(16)7-8-15(5,6)14(19)21-13(18)10(3)4/h1,3,7-8H2,2,4-6H3. The predicted octanol–water partition coefficient (Wildman–Crippen LogP) is 2.08. The van der Waals surface area contributed by atoms with E-state index >= 15 is 0 Å². The molecule has 0 heterocycles. The Labute approximate surface area is 123 Å². The molecule has 0 atom stereocenters. The fraction of sp³-hybridized carbons (Fsp3) is 0.467. The molecule has 0 aliphatic heterocycles. The normalized spacial score (nSPS) is 10.5. The third-order valence-electron chi connectivity index (χ3n) is 2.60. The lowest BCUT2D eigenvalue weighted by Gasteiger charge is -2.21. The van der Waals surface area contributed by atoms with Crippen LogP contribution in [0.25, 0.3) is 0 Å². The molecule has 0 radical (unpaired) electrons. The van der Waals surface area contributed by atoms with Crippen LogP contribution in [0.3, 0.4) is 0 Å². The Kier molecular flexibility index (Phi) is 6.72. The lowest BCUT2D eigenvalue weighted by atomic mass is 9.88. The summed E-state index contributed by atoms with van der Waals surface area (Å²) in [7, 11) is 0. The van der Waals surface area contributed by atoms with Crippen LogP contribution in [-0.4, -0.2) is 23.9 Å². The molecular formula is C15H20O6. The second-order valence-electron chi connectivity index (χ2n) is 5.38. The van der Waals surface area contributed by atoms with Gasteiger partial charge in [0.05, 0.1) is 5.41 Å². The quantitative estimate of drug-likeness (QED) is 0.424. The lowest BCUT2D eigenvalue weighted by Crippen LogP contribution is -2.30. The molecule has 0 aromatic heterocycles. The van der Waals surface area contributed by atoms with Crippen LogP contribution in [0.15, 0.2) is 24.3 Å². The molecule has 0 amide bonds. The highest BCUT2D eigenvalue weighted by atomic mass is 16.6. The van der Waals surface area contributed by atoms with Gasteiger partial charge in [-0.3, -0.25) is 9.59 Å². The van der Waals surface area contributed by atoms with Gasteiger partial charge in [-0.1, -0.05) is 13.2 Å². The third kappa shape index (κ3) is 6.65. The molecule has 0 aliphatic carbocycles. The summed E-state index contributed by atoms with van der Waals surface area (Å²) in [5.41, 5.74) is -0.865. The van der Waals surface area contributed by atoms with Gasteiger partial charge in [-0.15, -0.1) is 0 Å². The van der Waals surface area contributed by atoms with Crippen molar-refractivity contribution in [2.75, 3.05) is 0 Å². The molecule has 0 aliphatic rings. The molecule has 0 saturated heterocycles. The first-order valence-electron chi connectivity index (χ1n) is 6.30. The zero-order chi connectivity index (χ0) is 16.8. The monoisotopic (exact) mass is 296 g/mol. The molecule has 0 N–H and O–H groups in total. The van der Waals surface area contributed by atoms with Crippen molar-refractivity contribution in [1.29, 1.82) is 0 Å². The van der Waals surface area contributed by atoms with Gasteiger partial charge in [0.15, 0.2) is 0 Å². The van der Waals surface area contributed by atoms with E-state index in [9.17, 15) is 19.2 Å². The molecule has 0 spiro atoms. The Bertz CT molecular complexity index is 498. The fourth-order valence-corrected chi connectivity index (χ4v) is 1.07. The van der Waals surface area contributed by atoms with Crippen LogP contribution in [0.2, 0.25) is 0 Å². The second-order valence-corrected chi connectivity index (χ2v) is 5.38. The van der Waals surface area contributed by atoms with E-state index in [2.05, 4.69) is 22.6 Å². The Hall–Kier alpha value is -2.24. The minimum absolute atomic E-state index is 0.0671. The van der Waals surface area contributed by atoms with Crippen LogP contribution < -0.4 is 0 Å². The molecule has 0 aromatic rings. The highest BCUT2D eigenvalue weighted by molar-refractivity contribution is 5.97. The molecule has 116 valence electrons. The third-order valence-corrected chi connectivity index (χ3v) is 2.60. The highest BCUT2D eigenvalue weighted by Crippen LogP contribution is 2.25. The van der Waals surface area contributed by atoms with Gasteiger partial charge in [-0.25, -0.2) is 9.59 Å². The number of hydrogen-bond acceptors (Lipinski definition) is 6. The van der Waals surface area contributed by atoms with E-state index in [-0.39, 0.29) is 24.0 Å². The topological polar surface area (TPSA) is 86.7 Å². The number of rotatable bonds is 6. The van der Waals surface area contributed by atoms with E-state index in [4.69, 9.17) is 0 Å². The Morgan fingerprint density at radius 3 is 1.76 bits per heavy atom. The summed E-state index contributed by atoms with van der Waals surface area (Å²) in [5, 5.41) is 0. The van der Waals surface area contributed by atoms with Crippen molar-refractivity contribution >= 4 is 23.9 Å². The van der Waals surface area contributed by atoms with Gasteiger partial charge in [-0.05, 0) is 34.1 Å². The maximum atomic E-state index is 11.8. The number of ether oxygens (including phenoxy) is 2. The van der Waals surface area contributed by atoms with Gasteiger partial charge >= 0.3 is 23.9 Å². The first kappa shape index (κ1) is 18.8. The van der Waals surface area contributed by atoms with Gasteiger partial charge < -0.3 is 9.47 Å². The van der Waals surface area contributed by atoms with Crippen molar-refractivity contribution < 1.29 is 28.7 Å². The molecule has 21 heavy (non-hydrogen) atoms. The maximum Gasteiger partial charge on any atom is 0.340 e. The van der Waals surface area contributed by atoms with E-state index in [0.29, 0.717) is 0 Å². The Morgan fingerprint density at radius 1 is 0.905 bits per heavy atom. The molecule has 0 unspecified atom stereocenters. The molecule has 0 fully saturated rings. The van der Waals surface area contributed by atoms with Crippen LogP contribution in [0, 0.1) is 5.41 Å². The van der Waals surface area contributed by atoms with Gasteiger partial charge in [0.2, 0.25) is 0 Å². The minimum atomic E-state index is -1.07. The molecule has 6 nitrogen and oxygen atoms in total. The van der Waals surface area contributed by atoms with E-state index in [1.807, 2.05) is 0 Å². The van der Waals surface area contributed by atoms with Crippen LogP contribution in [0.4, 0.5) is 0 Å². The summed E-state index contributed by atoms with van der Waals surface area (Å²) in [6, 6.07) is 0. The molecule has 0 bridgehead atoms. The van der Waals surface area contributed by atoms with Crippen molar-refractivity contribution in [1.82, 2.24) is 0 Å². The van der Waals surface area contributed by atoms with Crippen LogP contribution in [0.1, 0.15) is 40.5 Å². The van der Waals surface area contributed by atoms with Crippen molar-refractivity contribution in [3.63, 3.8) is 0 Å². The van der Waals surface area contributed by atoms with E-state index in [1.54, 1.807) is 0 Å². The molecule has 6 heteroatoms. The van der Waals surface area contributed by atoms with E-state index in [1.165, 1.54) is 27.7 Å². The fourth-order valence-electron chi connectivity index (χ4n) is 1.07. The predicted molar refractivity (Wildman–Crippen MR) is 74.8 cm³/mol. The number of carbonyl (C=O) groups is 4. The first-order valence-corrected chi connectivity index (χ1v) is 6.30. The lowest BCUT2D eigenvalue weighted by molar-refractivity contribution is -0.164. The van der Waals surface area contributed by atoms with Crippen LogP contribution in [0.5, 0.6) is 0 Å². The second kappa shape index (κ2) is 7.52. The number of carbonyl (C=O) groups excluding carboxylic acids is 4. The van der Waals surface area contributed by atoms with Crippen molar-refractivity contribution in [2.45, 2.75) is 40.5 Å². The summed E-state index contributed by atoms with van der Waals surface area (Å²) in [5.74, 6) is -3.16. The van der Waals surface area contributed by atoms with Crippen molar-refractivity contribution in [2.24, 2.45) is 5.41 Å². The first-order chi connectivity index (χ1) is 9.47. The average molecular weight is 296 g/mol. The number of hydrogen-bond donors (Lipinski definition) is 0. The Morgan fingerprint density at radius 2 is 1.33 bits per heavy atom. The van der Waals surface area contributed by atoms with Crippen molar-refractivity contribution in [3.8, 4) is 0 Å². The molecule has 0 aromatic carbocycles.